The van der Waals surface area contributed by atoms with Gasteiger partial charge in [-0.15, -0.1) is 11.3 Å². The fourth-order valence-corrected chi connectivity index (χ4v) is 4.39. The first-order valence-corrected chi connectivity index (χ1v) is 10.1. The zero-order valence-corrected chi connectivity index (χ0v) is 17.4. The van der Waals surface area contributed by atoms with Crippen molar-refractivity contribution in [3.63, 3.8) is 0 Å². The molecule has 2 heterocycles. The van der Waals surface area contributed by atoms with E-state index in [9.17, 15) is 14.7 Å². The number of amides is 1. The molecule has 1 aliphatic rings. The Morgan fingerprint density at radius 1 is 1.25 bits per heavy atom. The van der Waals surface area contributed by atoms with Gasteiger partial charge in [-0.2, -0.15) is 0 Å². The number of thiazole rings is 1. The van der Waals surface area contributed by atoms with Crippen LogP contribution in [0.15, 0.2) is 41.7 Å². The average molecular weight is 400 g/mol. The van der Waals surface area contributed by atoms with E-state index in [2.05, 4.69) is 4.98 Å². The summed E-state index contributed by atoms with van der Waals surface area (Å²) in [5, 5.41) is 11.4. The molecule has 7 heteroatoms. The summed E-state index contributed by atoms with van der Waals surface area (Å²) in [6, 6.07) is 8.80. The maximum atomic E-state index is 13.3. The molecule has 0 bridgehead atoms. The molecule has 28 heavy (non-hydrogen) atoms. The standard InChI is InChI=1S/C21H25N3O3S/c1-13-20(28-14(2)22-13)18(25)16-17(15-9-6-5-7-10-15)24(21(27)19(16)26)12-8-11-23(3)4/h5-7,9-10,17,26H,8,11-12H2,1-4H3/t17-/m0/s1. The number of rotatable bonds is 7. The van der Waals surface area contributed by atoms with E-state index < -0.39 is 17.7 Å². The lowest BCUT2D eigenvalue weighted by atomic mass is 9.95. The molecule has 0 saturated carbocycles. The highest BCUT2D eigenvalue weighted by Crippen LogP contribution is 2.40. The molecule has 1 amide bonds. The Kier molecular flexibility index (Phi) is 5.96. The van der Waals surface area contributed by atoms with Gasteiger partial charge in [-0.05, 0) is 46.5 Å². The maximum Gasteiger partial charge on any atom is 0.290 e. The van der Waals surface area contributed by atoms with Crippen LogP contribution < -0.4 is 0 Å². The SMILES string of the molecule is Cc1nc(C)c(C(=O)C2=C(O)C(=O)N(CCCN(C)C)[C@H]2c2ccccc2)s1. The Balaban J connectivity index is 2.01. The van der Waals surface area contributed by atoms with Gasteiger partial charge in [0.2, 0.25) is 5.78 Å². The number of hydrogen-bond acceptors (Lipinski definition) is 6. The second-order valence-electron chi connectivity index (χ2n) is 7.21. The second-order valence-corrected chi connectivity index (χ2v) is 8.41. The molecule has 6 nitrogen and oxygen atoms in total. The van der Waals surface area contributed by atoms with Crippen LogP contribution in [0.4, 0.5) is 0 Å². The van der Waals surface area contributed by atoms with Crippen molar-refractivity contribution in [2.24, 2.45) is 0 Å². The van der Waals surface area contributed by atoms with Gasteiger partial charge in [0.25, 0.3) is 5.91 Å². The molecule has 1 N–H and O–H groups in total. The summed E-state index contributed by atoms with van der Waals surface area (Å²) in [6.45, 7) is 4.88. The van der Waals surface area contributed by atoms with Gasteiger partial charge in [0.1, 0.15) is 0 Å². The van der Waals surface area contributed by atoms with Crippen molar-refractivity contribution in [1.29, 1.82) is 0 Å². The fraction of sp³-hybridized carbons (Fsp3) is 0.381. The molecule has 0 aliphatic carbocycles. The molecule has 1 atom stereocenters. The summed E-state index contributed by atoms with van der Waals surface area (Å²) in [4.78, 5) is 34.6. The third-order valence-corrected chi connectivity index (χ3v) is 5.85. The molecule has 1 aromatic heterocycles. The number of ketones is 1. The molecule has 0 radical (unpaired) electrons. The van der Waals surface area contributed by atoms with Crippen LogP contribution >= 0.6 is 11.3 Å². The molecule has 2 aromatic rings. The fourth-order valence-electron chi connectivity index (χ4n) is 3.52. The van der Waals surface area contributed by atoms with E-state index in [4.69, 9.17) is 0 Å². The van der Waals surface area contributed by atoms with Gasteiger partial charge < -0.3 is 14.9 Å². The lowest BCUT2D eigenvalue weighted by Gasteiger charge is -2.27. The largest absolute Gasteiger partial charge is 0.503 e. The second kappa shape index (κ2) is 8.24. The molecule has 0 saturated heterocycles. The lowest BCUT2D eigenvalue weighted by Crippen LogP contribution is -2.33. The van der Waals surface area contributed by atoms with Crippen molar-refractivity contribution in [3.8, 4) is 0 Å². The molecular weight excluding hydrogens is 374 g/mol. The normalized spacial score (nSPS) is 17.1. The lowest BCUT2D eigenvalue weighted by molar-refractivity contribution is -0.129. The van der Waals surface area contributed by atoms with E-state index in [1.165, 1.54) is 11.3 Å². The monoisotopic (exact) mass is 399 g/mol. The van der Waals surface area contributed by atoms with Gasteiger partial charge in [-0.25, -0.2) is 4.98 Å². The van der Waals surface area contributed by atoms with Crippen LogP contribution in [0.2, 0.25) is 0 Å². The Labute approximate surface area is 169 Å². The number of carbonyl (C=O) groups is 2. The van der Waals surface area contributed by atoms with Gasteiger partial charge >= 0.3 is 0 Å². The number of Topliss-reactive ketones (excluding diaryl/α,β-unsaturated/α-hetero) is 1. The number of aliphatic hydroxyl groups is 1. The number of aromatic nitrogens is 1. The van der Waals surface area contributed by atoms with Gasteiger partial charge in [-0.1, -0.05) is 30.3 Å². The molecule has 0 fully saturated rings. The number of aryl methyl sites for hydroxylation is 2. The highest BCUT2D eigenvalue weighted by Gasteiger charge is 2.44. The van der Waals surface area contributed by atoms with Crippen LogP contribution in [0.3, 0.4) is 0 Å². The third kappa shape index (κ3) is 3.86. The molecule has 3 rings (SSSR count). The van der Waals surface area contributed by atoms with Crippen molar-refractivity contribution in [3.05, 3.63) is 62.8 Å². The van der Waals surface area contributed by atoms with Crippen molar-refractivity contribution in [2.75, 3.05) is 27.2 Å². The Hall–Kier alpha value is -2.51. The van der Waals surface area contributed by atoms with Gasteiger partial charge in [0, 0.05) is 6.54 Å². The summed E-state index contributed by atoms with van der Waals surface area (Å²) >= 11 is 1.29. The average Bonchev–Trinajstić information content (AvgIpc) is 3.12. The first kappa shape index (κ1) is 20.2. The van der Waals surface area contributed by atoms with Gasteiger partial charge in [0.05, 0.1) is 27.2 Å². The van der Waals surface area contributed by atoms with E-state index in [1.807, 2.05) is 56.3 Å². The summed E-state index contributed by atoms with van der Waals surface area (Å²) in [5.74, 6) is -1.26. The first-order chi connectivity index (χ1) is 13.3. The van der Waals surface area contributed by atoms with E-state index >= 15 is 0 Å². The van der Waals surface area contributed by atoms with Crippen molar-refractivity contribution in [2.45, 2.75) is 26.3 Å². The Morgan fingerprint density at radius 2 is 1.93 bits per heavy atom. The Morgan fingerprint density at radius 3 is 2.50 bits per heavy atom. The van der Waals surface area contributed by atoms with E-state index in [1.54, 1.807) is 11.8 Å². The number of hydrogen-bond donors (Lipinski definition) is 1. The van der Waals surface area contributed by atoms with Crippen LogP contribution in [0, 0.1) is 13.8 Å². The molecule has 148 valence electrons. The molecule has 1 aliphatic heterocycles. The zero-order chi connectivity index (χ0) is 20.4. The summed E-state index contributed by atoms with van der Waals surface area (Å²) in [5.41, 5.74) is 1.58. The summed E-state index contributed by atoms with van der Waals surface area (Å²) < 4.78 is 0. The van der Waals surface area contributed by atoms with Crippen LogP contribution in [0.5, 0.6) is 0 Å². The van der Waals surface area contributed by atoms with Crippen molar-refractivity contribution in [1.82, 2.24) is 14.8 Å². The van der Waals surface area contributed by atoms with E-state index in [-0.39, 0.29) is 11.4 Å². The Bertz CT molecular complexity index is 918. The summed E-state index contributed by atoms with van der Waals surface area (Å²) in [7, 11) is 3.94. The van der Waals surface area contributed by atoms with Crippen LogP contribution in [-0.4, -0.2) is 58.8 Å². The highest BCUT2D eigenvalue weighted by molar-refractivity contribution is 7.14. The van der Waals surface area contributed by atoms with Gasteiger partial charge in [-0.3, -0.25) is 9.59 Å². The number of aliphatic hydroxyl groups excluding tert-OH is 1. The van der Waals surface area contributed by atoms with Crippen molar-refractivity contribution >= 4 is 23.0 Å². The predicted octanol–water partition coefficient (Wildman–Crippen LogP) is 3.29. The topological polar surface area (TPSA) is 73.7 Å². The zero-order valence-electron chi connectivity index (χ0n) is 16.6. The number of benzene rings is 1. The predicted molar refractivity (Wildman–Crippen MR) is 110 cm³/mol. The van der Waals surface area contributed by atoms with Crippen LogP contribution in [0.25, 0.3) is 0 Å². The highest BCUT2D eigenvalue weighted by atomic mass is 32.1. The summed E-state index contributed by atoms with van der Waals surface area (Å²) in [6.07, 6.45) is 0.746. The number of nitrogens with zero attached hydrogens (tertiary/aromatic N) is 3. The minimum atomic E-state index is -0.592. The molecule has 0 spiro atoms. The minimum Gasteiger partial charge on any atom is -0.503 e. The molecule has 0 unspecified atom stereocenters. The van der Waals surface area contributed by atoms with Crippen molar-refractivity contribution < 1.29 is 14.7 Å². The van der Waals surface area contributed by atoms with Gasteiger partial charge in [0.15, 0.2) is 5.76 Å². The van der Waals surface area contributed by atoms with Crippen LogP contribution in [-0.2, 0) is 4.79 Å². The number of carbonyl (C=O) groups excluding carboxylic acids is 2. The quantitative estimate of drug-likeness (QED) is 0.723. The van der Waals surface area contributed by atoms with Crippen LogP contribution in [0.1, 0.15) is 38.4 Å². The minimum absolute atomic E-state index is 0.146. The first-order valence-electron chi connectivity index (χ1n) is 9.23. The molecule has 1 aromatic carbocycles. The van der Waals surface area contributed by atoms with E-state index in [0.717, 1.165) is 23.5 Å². The maximum absolute atomic E-state index is 13.3. The third-order valence-electron chi connectivity index (χ3n) is 4.78. The smallest absolute Gasteiger partial charge is 0.290 e. The molecular formula is C21H25N3O3S. The van der Waals surface area contributed by atoms with E-state index in [0.29, 0.717) is 17.1 Å².